The lowest BCUT2D eigenvalue weighted by Crippen LogP contribution is -2.06. The van der Waals surface area contributed by atoms with Crippen LogP contribution in [0.1, 0.15) is 21.5 Å². The van der Waals surface area contributed by atoms with Crippen molar-refractivity contribution < 1.29 is 17.9 Å². The first-order valence-electron chi connectivity index (χ1n) is 7.01. The summed E-state index contributed by atoms with van der Waals surface area (Å²) in [5.41, 5.74) is 1.40. The molecule has 0 aliphatic carbocycles. The summed E-state index contributed by atoms with van der Waals surface area (Å²) in [6.07, 6.45) is 1.18. The van der Waals surface area contributed by atoms with Gasteiger partial charge in [0.1, 0.15) is 11.0 Å². The zero-order valence-electron chi connectivity index (χ0n) is 13.2. The van der Waals surface area contributed by atoms with Gasteiger partial charge in [0.15, 0.2) is 0 Å². The van der Waals surface area contributed by atoms with Gasteiger partial charge >= 0.3 is 5.97 Å². The van der Waals surface area contributed by atoms with Crippen LogP contribution in [0.25, 0.3) is 6.08 Å². The molecule has 0 unspecified atom stereocenters. The third-order valence-electron chi connectivity index (χ3n) is 3.38. The summed E-state index contributed by atoms with van der Waals surface area (Å²) in [6, 6.07) is 14.2. The number of hydrogen-bond acceptors (Lipinski definition) is 5. The molecule has 2 aromatic carbocycles. The third-order valence-corrected chi connectivity index (χ3v) is 5.06. The molecular weight excluding hydrogens is 326 g/mol. The van der Waals surface area contributed by atoms with Crippen molar-refractivity contribution >= 4 is 21.9 Å². The molecule has 0 bridgehead atoms. The maximum Gasteiger partial charge on any atom is 0.338 e. The number of nitrogens with zero attached hydrogens (tertiary/aromatic N) is 1. The molecule has 2 rings (SSSR count). The first-order chi connectivity index (χ1) is 11.4. The van der Waals surface area contributed by atoms with Crippen LogP contribution in [0, 0.1) is 18.3 Å². The summed E-state index contributed by atoms with van der Waals surface area (Å²) in [5.74, 6) is -0.605. The first kappa shape index (κ1) is 17.4. The number of aryl methyl sites for hydroxylation is 1. The second-order valence-electron chi connectivity index (χ2n) is 5.02. The van der Waals surface area contributed by atoms with Crippen LogP contribution in [0.4, 0.5) is 0 Å². The number of nitriles is 1. The van der Waals surface area contributed by atoms with Crippen molar-refractivity contribution in [3.05, 3.63) is 70.1 Å². The number of hydrogen-bond donors (Lipinski definition) is 0. The van der Waals surface area contributed by atoms with E-state index in [1.165, 1.54) is 31.4 Å². The highest BCUT2D eigenvalue weighted by Gasteiger charge is 2.21. The van der Waals surface area contributed by atoms with Crippen LogP contribution >= 0.6 is 0 Å². The maximum atomic E-state index is 12.6. The molecular formula is C18H15NO4S. The Kier molecular flexibility index (Phi) is 5.17. The van der Waals surface area contributed by atoms with Gasteiger partial charge < -0.3 is 4.74 Å². The van der Waals surface area contributed by atoms with Gasteiger partial charge in [-0.15, -0.1) is 0 Å². The topological polar surface area (TPSA) is 84.2 Å². The van der Waals surface area contributed by atoms with E-state index in [1.54, 1.807) is 36.4 Å². The van der Waals surface area contributed by atoms with Crippen LogP contribution < -0.4 is 0 Å². The number of allylic oxidation sites excluding steroid dienone is 1. The zero-order chi connectivity index (χ0) is 17.7. The Morgan fingerprint density at radius 2 is 1.75 bits per heavy atom. The number of carbonyl (C=O) groups is 1. The van der Waals surface area contributed by atoms with E-state index in [1.807, 2.05) is 6.92 Å². The van der Waals surface area contributed by atoms with Crippen molar-refractivity contribution in [1.82, 2.24) is 0 Å². The van der Waals surface area contributed by atoms with Crippen LogP contribution in [0.15, 0.2) is 58.3 Å². The lowest BCUT2D eigenvalue weighted by atomic mass is 10.1. The highest BCUT2D eigenvalue weighted by atomic mass is 32.2. The molecule has 0 heterocycles. The summed E-state index contributed by atoms with van der Waals surface area (Å²) in [5, 5.41) is 9.31. The predicted molar refractivity (Wildman–Crippen MR) is 89.7 cm³/mol. The Labute approximate surface area is 140 Å². The molecule has 24 heavy (non-hydrogen) atoms. The third kappa shape index (κ3) is 3.53. The van der Waals surface area contributed by atoms with Gasteiger partial charge in [0.25, 0.3) is 0 Å². The minimum Gasteiger partial charge on any atom is -0.465 e. The lowest BCUT2D eigenvalue weighted by Gasteiger charge is -2.06. The average Bonchev–Trinajstić information content (AvgIpc) is 2.59. The summed E-state index contributed by atoms with van der Waals surface area (Å²) < 4.78 is 29.9. The minimum atomic E-state index is -3.97. The van der Waals surface area contributed by atoms with Gasteiger partial charge in [-0.05, 0) is 36.8 Å². The van der Waals surface area contributed by atoms with E-state index in [2.05, 4.69) is 4.74 Å². The average molecular weight is 341 g/mol. The quantitative estimate of drug-likeness (QED) is 0.630. The van der Waals surface area contributed by atoms with Crippen molar-refractivity contribution in [3.8, 4) is 6.07 Å². The number of benzene rings is 2. The highest BCUT2D eigenvalue weighted by Crippen LogP contribution is 2.23. The van der Waals surface area contributed by atoms with Crippen LogP contribution in [0.5, 0.6) is 0 Å². The standard InChI is InChI=1S/C18H15NO4S/c1-13-7-9-15(10-8-13)24(21,22)16(12-19)11-14-5-3-4-6-17(14)18(20)23-2/h3-11H,1-2H3/b16-11+. The van der Waals surface area contributed by atoms with Crippen molar-refractivity contribution in [3.63, 3.8) is 0 Å². The number of rotatable bonds is 4. The van der Waals surface area contributed by atoms with Crippen molar-refractivity contribution in [2.45, 2.75) is 11.8 Å². The molecule has 0 atom stereocenters. The van der Waals surface area contributed by atoms with E-state index in [0.717, 1.165) is 5.56 Å². The molecule has 0 saturated carbocycles. The minimum absolute atomic E-state index is 0.0245. The molecule has 6 heteroatoms. The van der Waals surface area contributed by atoms with Crippen LogP contribution in [-0.2, 0) is 14.6 Å². The molecule has 0 fully saturated rings. The van der Waals surface area contributed by atoms with E-state index in [-0.39, 0.29) is 10.5 Å². The summed E-state index contributed by atoms with van der Waals surface area (Å²) in [4.78, 5) is 11.4. The van der Waals surface area contributed by atoms with E-state index >= 15 is 0 Å². The largest absolute Gasteiger partial charge is 0.465 e. The summed E-state index contributed by atoms with van der Waals surface area (Å²) in [6.45, 7) is 1.84. The van der Waals surface area contributed by atoms with Gasteiger partial charge in [-0.2, -0.15) is 5.26 Å². The molecule has 0 aliphatic rings. The van der Waals surface area contributed by atoms with Gasteiger partial charge in [-0.25, -0.2) is 13.2 Å². The molecule has 0 N–H and O–H groups in total. The monoisotopic (exact) mass is 341 g/mol. The Morgan fingerprint density at radius 3 is 2.33 bits per heavy atom. The maximum absolute atomic E-state index is 12.6. The van der Waals surface area contributed by atoms with Crippen molar-refractivity contribution in [1.29, 1.82) is 5.26 Å². The number of esters is 1. The molecule has 0 saturated heterocycles. The normalized spacial score (nSPS) is 11.6. The second kappa shape index (κ2) is 7.11. The van der Waals surface area contributed by atoms with Crippen LogP contribution in [0.3, 0.4) is 0 Å². The molecule has 0 radical (unpaired) electrons. The summed E-state index contributed by atoms with van der Waals surface area (Å²) in [7, 11) is -2.73. The molecule has 0 aliphatic heterocycles. The lowest BCUT2D eigenvalue weighted by molar-refractivity contribution is 0.0600. The Balaban J connectivity index is 2.57. The first-order valence-corrected chi connectivity index (χ1v) is 8.49. The fourth-order valence-electron chi connectivity index (χ4n) is 2.07. The molecule has 0 amide bonds. The van der Waals surface area contributed by atoms with Gasteiger partial charge in [-0.1, -0.05) is 35.9 Å². The van der Waals surface area contributed by atoms with Crippen LogP contribution in [-0.4, -0.2) is 21.5 Å². The molecule has 5 nitrogen and oxygen atoms in total. The molecule has 0 aromatic heterocycles. The van der Waals surface area contributed by atoms with E-state index in [9.17, 15) is 18.5 Å². The Bertz CT molecular complexity index is 936. The molecule has 0 spiro atoms. The highest BCUT2D eigenvalue weighted by molar-refractivity contribution is 7.95. The van der Waals surface area contributed by atoms with E-state index in [4.69, 9.17) is 0 Å². The Morgan fingerprint density at radius 1 is 1.12 bits per heavy atom. The fraction of sp³-hybridized carbons (Fsp3) is 0.111. The zero-order valence-corrected chi connectivity index (χ0v) is 14.0. The smallest absolute Gasteiger partial charge is 0.338 e. The van der Waals surface area contributed by atoms with Gasteiger partial charge in [0.2, 0.25) is 9.84 Å². The van der Waals surface area contributed by atoms with Gasteiger partial charge in [0.05, 0.1) is 17.6 Å². The Hall–Kier alpha value is -2.91. The summed E-state index contributed by atoms with van der Waals surface area (Å²) >= 11 is 0. The molecule has 122 valence electrons. The van der Waals surface area contributed by atoms with Crippen molar-refractivity contribution in [2.75, 3.05) is 7.11 Å². The fourth-order valence-corrected chi connectivity index (χ4v) is 3.22. The van der Waals surface area contributed by atoms with Crippen molar-refractivity contribution in [2.24, 2.45) is 0 Å². The number of methoxy groups -OCH3 is 1. The van der Waals surface area contributed by atoms with E-state index in [0.29, 0.717) is 5.56 Å². The molecule has 2 aromatic rings. The van der Waals surface area contributed by atoms with Gasteiger partial charge in [-0.3, -0.25) is 0 Å². The van der Waals surface area contributed by atoms with Crippen LogP contribution in [0.2, 0.25) is 0 Å². The number of sulfone groups is 1. The number of ether oxygens (including phenoxy) is 1. The predicted octanol–water partition coefficient (Wildman–Crippen LogP) is 3.12. The van der Waals surface area contributed by atoms with E-state index < -0.39 is 20.7 Å². The van der Waals surface area contributed by atoms with Gasteiger partial charge in [0, 0.05) is 0 Å². The number of carbonyl (C=O) groups excluding carboxylic acids is 1. The SMILES string of the molecule is COC(=O)c1ccccc1/C=C(\C#N)S(=O)(=O)c1ccc(C)cc1. The second-order valence-corrected chi connectivity index (χ2v) is 6.93.